The maximum atomic E-state index is 14.7. The molecule has 0 spiro atoms. The molecule has 0 aliphatic carbocycles. The van der Waals surface area contributed by atoms with E-state index in [9.17, 15) is 53.4 Å². The Labute approximate surface area is 320 Å². The van der Waals surface area contributed by atoms with Crippen LogP contribution in [0.4, 0.5) is 0 Å². The normalized spacial score (nSPS) is 16.4. The SMILES string of the molecule is CCC(C)c1cc2c(=O)c3ccc4c(OC)c5c(=O)c6c(C)ccc(OC(C)=O)c6c(=O)c5c(O)c4c3c(=O)c2c(=O)n1CC(=O)N1CC(C(=O)O)NC(=O)C1C. The minimum Gasteiger partial charge on any atom is -0.506 e. The van der Waals surface area contributed by atoms with E-state index in [0.29, 0.717) is 12.0 Å². The summed E-state index contributed by atoms with van der Waals surface area (Å²) >= 11 is 0. The van der Waals surface area contributed by atoms with Gasteiger partial charge in [0.25, 0.3) is 5.56 Å². The van der Waals surface area contributed by atoms with Crippen LogP contribution in [0.5, 0.6) is 17.2 Å². The number of carbonyl (C=O) groups is 4. The van der Waals surface area contributed by atoms with Crippen molar-refractivity contribution in [3.63, 3.8) is 0 Å². The number of amides is 2. The number of hydrogen-bond acceptors (Lipinski definition) is 12. The van der Waals surface area contributed by atoms with Gasteiger partial charge in [-0.1, -0.05) is 19.9 Å². The number of carboxylic acid groups (broad SMARTS) is 1. The van der Waals surface area contributed by atoms with Gasteiger partial charge in [0, 0.05) is 44.9 Å². The molecular weight excluding hydrogens is 742 g/mol. The molecule has 16 nitrogen and oxygen atoms in total. The first-order chi connectivity index (χ1) is 26.9. The monoisotopic (exact) mass is 777 g/mol. The highest BCUT2D eigenvalue weighted by Crippen LogP contribution is 2.43. The van der Waals surface area contributed by atoms with Crippen LogP contribution in [-0.4, -0.2) is 69.2 Å². The van der Waals surface area contributed by atoms with Crippen LogP contribution in [-0.2, 0) is 25.7 Å². The molecule has 1 fully saturated rings. The number of ether oxygens (including phenoxy) is 2. The zero-order valence-corrected chi connectivity index (χ0v) is 31.5. The Morgan fingerprint density at radius 2 is 1.51 bits per heavy atom. The first-order valence-electron chi connectivity index (χ1n) is 18.0. The number of benzene rings is 5. The van der Waals surface area contributed by atoms with Crippen molar-refractivity contribution in [1.82, 2.24) is 14.8 Å². The molecule has 2 amide bonds. The van der Waals surface area contributed by atoms with Gasteiger partial charge in [-0.3, -0.25) is 38.4 Å². The minimum atomic E-state index is -1.40. The second-order valence-corrected chi connectivity index (χ2v) is 14.3. The van der Waals surface area contributed by atoms with Crippen molar-refractivity contribution in [2.45, 2.75) is 65.6 Å². The molecule has 2 heterocycles. The third-order valence-corrected chi connectivity index (χ3v) is 11.0. The number of aromatic nitrogens is 1. The molecule has 57 heavy (non-hydrogen) atoms. The van der Waals surface area contributed by atoms with Gasteiger partial charge in [-0.2, -0.15) is 0 Å². The van der Waals surface area contributed by atoms with Crippen molar-refractivity contribution >= 4 is 77.6 Å². The third-order valence-electron chi connectivity index (χ3n) is 11.0. The molecule has 0 saturated carbocycles. The average molecular weight is 778 g/mol. The zero-order valence-electron chi connectivity index (χ0n) is 31.5. The number of piperazine rings is 1. The Kier molecular flexibility index (Phi) is 9.17. The van der Waals surface area contributed by atoms with Crippen molar-refractivity contribution in [1.29, 1.82) is 0 Å². The van der Waals surface area contributed by atoms with Gasteiger partial charge in [-0.15, -0.1) is 0 Å². The lowest BCUT2D eigenvalue weighted by atomic mass is 9.90. The molecule has 3 unspecified atom stereocenters. The van der Waals surface area contributed by atoms with Gasteiger partial charge in [0.15, 0.2) is 10.9 Å². The Morgan fingerprint density at radius 1 is 0.860 bits per heavy atom. The van der Waals surface area contributed by atoms with Gasteiger partial charge in [0.05, 0.1) is 35.2 Å². The number of phenols is 1. The van der Waals surface area contributed by atoms with Crippen LogP contribution in [0.2, 0.25) is 0 Å². The standard InChI is InChI=1S/C41H35N3O13/c1-7-15(2)23-12-21-29(40(53)44(23)14-25(46)43-13-22(41(54)55)42-39(52)17(43)4)35(49)27-19(33(21)47)9-10-20-28(27)36(50)31-32(38(20)56-6)34(48)26-16(3)8-11-24(57-18(5)45)30(26)37(31)51/h8-12,15,17,22,50H,7,13-14H2,1-6H3,(H,42,52)(H,54,55). The fourth-order valence-electron chi connectivity index (χ4n) is 7.93. The fraction of sp³-hybridized carbons (Fsp3) is 0.293. The summed E-state index contributed by atoms with van der Waals surface area (Å²) in [5, 5.41) is 20.6. The maximum absolute atomic E-state index is 14.7. The number of nitrogens with one attached hydrogen (secondary N) is 1. The number of methoxy groups -OCH3 is 1. The number of hydrogen-bond donors (Lipinski definition) is 3. The molecule has 1 aliphatic rings. The number of pyridine rings is 1. The lowest BCUT2D eigenvalue weighted by Gasteiger charge is -2.36. The van der Waals surface area contributed by atoms with Gasteiger partial charge < -0.3 is 34.5 Å². The molecule has 6 aromatic rings. The Bertz CT molecular complexity index is 3120. The number of rotatable bonds is 7. The number of aromatic hydroxyl groups is 1. The van der Waals surface area contributed by atoms with E-state index >= 15 is 0 Å². The van der Waals surface area contributed by atoms with Crippen LogP contribution in [0, 0.1) is 6.92 Å². The predicted octanol–water partition coefficient (Wildman–Crippen LogP) is 2.19. The van der Waals surface area contributed by atoms with Gasteiger partial charge in [-0.25, -0.2) is 4.79 Å². The van der Waals surface area contributed by atoms with Crippen LogP contribution >= 0.6 is 0 Å². The number of phenolic OH excluding ortho intramolecular Hbond substituents is 1. The van der Waals surface area contributed by atoms with Crippen molar-refractivity contribution < 1.29 is 38.9 Å². The molecule has 16 heteroatoms. The van der Waals surface area contributed by atoms with Crippen LogP contribution in [0.15, 0.2) is 54.3 Å². The highest BCUT2D eigenvalue weighted by Gasteiger charge is 2.38. The van der Waals surface area contributed by atoms with Crippen LogP contribution < -0.4 is 42.1 Å². The lowest BCUT2D eigenvalue weighted by Crippen LogP contribution is -2.63. The summed E-state index contributed by atoms with van der Waals surface area (Å²) in [6, 6.07) is 4.33. The Hall–Kier alpha value is -6.97. The van der Waals surface area contributed by atoms with E-state index in [-0.39, 0.29) is 54.9 Å². The summed E-state index contributed by atoms with van der Waals surface area (Å²) in [5.41, 5.74) is -3.94. The average Bonchev–Trinajstić information content (AvgIpc) is 3.16. The first-order valence-corrected chi connectivity index (χ1v) is 18.0. The number of esters is 1. The lowest BCUT2D eigenvalue weighted by molar-refractivity contribution is -0.151. The second-order valence-electron chi connectivity index (χ2n) is 14.3. The van der Waals surface area contributed by atoms with Crippen LogP contribution in [0.25, 0.3) is 53.9 Å². The van der Waals surface area contributed by atoms with E-state index in [1.165, 1.54) is 44.4 Å². The van der Waals surface area contributed by atoms with E-state index in [1.54, 1.807) is 20.8 Å². The molecule has 3 N–H and O–H groups in total. The van der Waals surface area contributed by atoms with E-state index in [2.05, 4.69) is 5.32 Å². The Balaban J connectivity index is 1.59. The molecule has 0 bridgehead atoms. The summed E-state index contributed by atoms with van der Waals surface area (Å²) < 4.78 is 12.0. The number of nitrogens with zero attached hydrogens (tertiary/aromatic N) is 2. The molecule has 1 aromatic heterocycles. The minimum absolute atomic E-state index is 0.0347. The van der Waals surface area contributed by atoms with Crippen molar-refractivity contribution in [2.75, 3.05) is 13.7 Å². The summed E-state index contributed by atoms with van der Waals surface area (Å²) in [4.78, 5) is 123. The molecule has 1 aliphatic heterocycles. The predicted molar refractivity (Wildman–Crippen MR) is 209 cm³/mol. The van der Waals surface area contributed by atoms with E-state index < -0.39 is 104 Å². The molecule has 3 atom stereocenters. The Morgan fingerprint density at radius 3 is 2.14 bits per heavy atom. The van der Waals surface area contributed by atoms with Gasteiger partial charge in [0.1, 0.15) is 35.9 Å². The molecule has 292 valence electrons. The van der Waals surface area contributed by atoms with Crippen molar-refractivity contribution in [3.8, 4) is 17.2 Å². The second kappa shape index (κ2) is 13.6. The van der Waals surface area contributed by atoms with Crippen molar-refractivity contribution in [2.24, 2.45) is 0 Å². The number of fused-ring (bicyclic) bond motifs is 6. The largest absolute Gasteiger partial charge is 0.506 e. The fourth-order valence-corrected chi connectivity index (χ4v) is 7.93. The molecule has 0 radical (unpaired) electrons. The quantitative estimate of drug-likeness (QED) is 0.0915. The molecule has 7 rings (SSSR count). The number of aliphatic carboxylic acids is 1. The third kappa shape index (κ3) is 5.61. The smallest absolute Gasteiger partial charge is 0.328 e. The summed E-state index contributed by atoms with van der Waals surface area (Å²) in [6.07, 6.45) is 0.437. The number of aryl methyl sites for hydroxylation is 1. The highest BCUT2D eigenvalue weighted by molar-refractivity contribution is 6.23. The van der Waals surface area contributed by atoms with Gasteiger partial charge in [-0.05, 0) is 56.0 Å². The summed E-state index contributed by atoms with van der Waals surface area (Å²) in [7, 11) is 1.21. The molecular formula is C41H35N3O13. The maximum Gasteiger partial charge on any atom is 0.328 e. The van der Waals surface area contributed by atoms with Crippen molar-refractivity contribution in [3.05, 3.63) is 92.8 Å². The van der Waals surface area contributed by atoms with Crippen LogP contribution in [0.1, 0.15) is 51.3 Å². The zero-order chi connectivity index (χ0) is 41.5. The van der Waals surface area contributed by atoms with E-state index in [4.69, 9.17) is 9.47 Å². The van der Waals surface area contributed by atoms with Crippen LogP contribution in [0.3, 0.4) is 0 Å². The van der Waals surface area contributed by atoms with Gasteiger partial charge in [0.2, 0.25) is 22.7 Å². The summed E-state index contributed by atoms with van der Waals surface area (Å²) in [5.74, 6) is -5.41. The first kappa shape index (κ1) is 38.3. The van der Waals surface area contributed by atoms with E-state index in [1.807, 2.05) is 0 Å². The molecule has 5 aromatic carbocycles. The topological polar surface area (TPSA) is 233 Å². The summed E-state index contributed by atoms with van der Waals surface area (Å²) in [6.45, 7) is 6.52. The highest BCUT2D eigenvalue weighted by atomic mass is 16.5. The molecule has 1 saturated heterocycles. The van der Waals surface area contributed by atoms with Gasteiger partial charge >= 0.3 is 11.9 Å². The number of carboxylic acids is 1. The number of carbonyl (C=O) groups excluding carboxylic acids is 3. The van der Waals surface area contributed by atoms with E-state index in [0.717, 1.165) is 16.4 Å².